The van der Waals surface area contributed by atoms with Crippen molar-refractivity contribution in [1.82, 2.24) is 4.57 Å². The van der Waals surface area contributed by atoms with Crippen LogP contribution in [0.15, 0.2) is 30.5 Å². The van der Waals surface area contributed by atoms with Crippen molar-refractivity contribution in [2.75, 3.05) is 0 Å². The Bertz CT molecular complexity index is 519. The monoisotopic (exact) mass is 237 g/mol. The number of nitrogens with zero attached hydrogens (tertiary/aromatic N) is 1. The second-order valence-corrected chi connectivity index (χ2v) is 4.09. The van der Waals surface area contributed by atoms with E-state index < -0.39 is 5.97 Å². The first-order valence-electron chi connectivity index (χ1n) is 5.13. The Labute approximate surface area is 98.3 Å². The summed E-state index contributed by atoms with van der Waals surface area (Å²) in [6.45, 7) is 0.705. The lowest BCUT2D eigenvalue weighted by molar-refractivity contribution is -0.137. The molecule has 16 heavy (non-hydrogen) atoms. The lowest BCUT2D eigenvalue weighted by atomic mass is 10.2. The molecule has 2 aromatic rings. The molecular weight excluding hydrogens is 226 g/mol. The van der Waals surface area contributed by atoms with Crippen LogP contribution in [0, 0.1) is 0 Å². The number of hydrogen-bond acceptors (Lipinski definition) is 1. The Balaban J connectivity index is 2.19. The molecule has 4 heteroatoms. The van der Waals surface area contributed by atoms with Crippen molar-refractivity contribution >= 4 is 28.5 Å². The number of aliphatic carboxylic acids is 1. The molecule has 0 radical (unpaired) electrons. The Morgan fingerprint density at radius 3 is 2.94 bits per heavy atom. The van der Waals surface area contributed by atoms with Crippen LogP contribution in [0.1, 0.15) is 12.8 Å². The van der Waals surface area contributed by atoms with Crippen molar-refractivity contribution in [1.29, 1.82) is 0 Å². The molecule has 0 aliphatic heterocycles. The first-order valence-corrected chi connectivity index (χ1v) is 5.51. The highest BCUT2D eigenvalue weighted by atomic mass is 35.5. The fraction of sp³-hybridized carbons (Fsp3) is 0.250. The van der Waals surface area contributed by atoms with Crippen LogP contribution in [0.2, 0.25) is 5.02 Å². The summed E-state index contributed by atoms with van der Waals surface area (Å²) >= 11 is 6.05. The molecule has 3 nitrogen and oxygen atoms in total. The summed E-state index contributed by atoms with van der Waals surface area (Å²) in [7, 11) is 0. The smallest absolute Gasteiger partial charge is 0.303 e. The summed E-state index contributed by atoms with van der Waals surface area (Å²) in [5.74, 6) is -0.755. The van der Waals surface area contributed by atoms with Crippen LogP contribution in [0.3, 0.4) is 0 Å². The van der Waals surface area contributed by atoms with Gasteiger partial charge in [0.15, 0.2) is 0 Å². The van der Waals surface area contributed by atoms with Crippen molar-refractivity contribution in [2.45, 2.75) is 19.4 Å². The van der Waals surface area contributed by atoms with E-state index in [1.165, 1.54) is 0 Å². The van der Waals surface area contributed by atoms with Gasteiger partial charge in [-0.1, -0.05) is 17.7 Å². The van der Waals surface area contributed by atoms with Crippen molar-refractivity contribution < 1.29 is 9.90 Å². The number of carboxylic acid groups (broad SMARTS) is 1. The fourth-order valence-electron chi connectivity index (χ4n) is 1.78. The van der Waals surface area contributed by atoms with E-state index in [0.717, 1.165) is 15.9 Å². The molecule has 0 atom stereocenters. The molecule has 1 aromatic heterocycles. The molecule has 0 spiro atoms. The van der Waals surface area contributed by atoms with Crippen molar-refractivity contribution in [2.24, 2.45) is 0 Å². The highest BCUT2D eigenvalue weighted by Crippen LogP contribution is 2.24. The van der Waals surface area contributed by atoms with Gasteiger partial charge in [0.25, 0.3) is 0 Å². The maximum absolute atomic E-state index is 10.4. The topological polar surface area (TPSA) is 42.2 Å². The van der Waals surface area contributed by atoms with E-state index in [1.54, 1.807) is 0 Å². The van der Waals surface area contributed by atoms with Crippen molar-refractivity contribution in [3.05, 3.63) is 35.5 Å². The summed E-state index contributed by atoms with van der Waals surface area (Å²) in [5, 5.41) is 10.3. The van der Waals surface area contributed by atoms with Gasteiger partial charge in [-0.25, -0.2) is 0 Å². The highest BCUT2D eigenvalue weighted by molar-refractivity contribution is 6.35. The van der Waals surface area contributed by atoms with Crippen LogP contribution in [-0.2, 0) is 11.3 Å². The normalized spacial score (nSPS) is 10.8. The average molecular weight is 238 g/mol. The molecule has 0 aliphatic rings. The molecule has 0 saturated carbocycles. The molecular formula is C12H12ClNO2. The highest BCUT2D eigenvalue weighted by Gasteiger charge is 2.04. The third-order valence-corrected chi connectivity index (χ3v) is 2.88. The summed E-state index contributed by atoms with van der Waals surface area (Å²) in [6, 6.07) is 7.70. The Kier molecular flexibility index (Phi) is 3.15. The van der Waals surface area contributed by atoms with Gasteiger partial charge in [0.1, 0.15) is 0 Å². The molecule has 0 saturated heterocycles. The SMILES string of the molecule is O=C(O)CCCn1ccc2c(Cl)cccc21. The van der Waals surface area contributed by atoms with Crippen LogP contribution in [0.4, 0.5) is 0 Å². The van der Waals surface area contributed by atoms with Gasteiger partial charge in [0, 0.05) is 35.1 Å². The van der Waals surface area contributed by atoms with Gasteiger partial charge in [-0.3, -0.25) is 4.79 Å². The molecule has 84 valence electrons. The van der Waals surface area contributed by atoms with E-state index >= 15 is 0 Å². The summed E-state index contributed by atoms with van der Waals surface area (Å²) in [5.41, 5.74) is 1.05. The Morgan fingerprint density at radius 1 is 1.38 bits per heavy atom. The zero-order chi connectivity index (χ0) is 11.5. The zero-order valence-electron chi connectivity index (χ0n) is 8.69. The largest absolute Gasteiger partial charge is 0.481 e. The van der Waals surface area contributed by atoms with E-state index in [0.29, 0.717) is 13.0 Å². The second kappa shape index (κ2) is 4.58. The van der Waals surface area contributed by atoms with Crippen LogP contribution in [0.25, 0.3) is 10.9 Å². The fourth-order valence-corrected chi connectivity index (χ4v) is 2.01. The molecule has 0 amide bonds. The molecule has 0 aliphatic carbocycles. The van der Waals surface area contributed by atoms with Crippen LogP contribution < -0.4 is 0 Å². The van der Waals surface area contributed by atoms with Gasteiger partial charge in [0.2, 0.25) is 0 Å². The molecule has 0 fully saturated rings. The molecule has 1 aromatic carbocycles. The van der Waals surface area contributed by atoms with Gasteiger partial charge in [-0.2, -0.15) is 0 Å². The van der Waals surface area contributed by atoms with Gasteiger partial charge < -0.3 is 9.67 Å². The number of rotatable bonds is 4. The number of hydrogen-bond donors (Lipinski definition) is 1. The molecule has 2 rings (SSSR count). The maximum Gasteiger partial charge on any atom is 0.303 e. The average Bonchev–Trinajstić information content (AvgIpc) is 2.63. The van der Waals surface area contributed by atoms with Crippen molar-refractivity contribution in [3.63, 3.8) is 0 Å². The minimum absolute atomic E-state index is 0.195. The Hall–Kier alpha value is -1.48. The molecule has 1 N–H and O–H groups in total. The summed E-state index contributed by atoms with van der Waals surface area (Å²) < 4.78 is 2.03. The second-order valence-electron chi connectivity index (χ2n) is 3.68. The van der Waals surface area contributed by atoms with E-state index in [1.807, 2.05) is 35.0 Å². The van der Waals surface area contributed by atoms with Crippen molar-refractivity contribution in [3.8, 4) is 0 Å². The number of carbonyl (C=O) groups is 1. The van der Waals surface area contributed by atoms with Gasteiger partial charge in [-0.05, 0) is 24.6 Å². The number of carboxylic acids is 1. The van der Waals surface area contributed by atoms with E-state index in [2.05, 4.69) is 0 Å². The lowest BCUT2D eigenvalue weighted by Gasteiger charge is -2.04. The Morgan fingerprint density at radius 2 is 2.19 bits per heavy atom. The maximum atomic E-state index is 10.4. The number of benzene rings is 1. The zero-order valence-corrected chi connectivity index (χ0v) is 9.44. The minimum atomic E-state index is -0.755. The van der Waals surface area contributed by atoms with Gasteiger partial charge >= 0.3 is 5.97 Å². The standard InChI is InChI=1S/C12H12ClNO2/c13-10-3-1-4-11-9(10)6-8-14(11)7-2-5-12(15)16/h1,3-4,6,8H,2,5,7H2,(H,15,16). The third kappa shape index (κ3) is 2.19. The number of fused-ring (bicyclic) bond motifs is 1. The minimum Gasteiger partial charge on any atom is -0.481 e. The van der Waals surface area contributed by atoms with Crippen LogP contribution in [0.5, 0.6) is 0 Å². The van der Waals surface area contributed by atoms with Crippen LogP contribution >= 0.6 is 11.6 Å². The van der Waals surface area contributed by atoms with E-state index in [4.69, 9.17) is 16.7 Å². The van der Waals surface area contributed by atoms with Crippen LogP contribution in [-0.4, -0.2) is 15.6 Å². The predicted molar refractivity (Wildman–Crippen MR) is 63.8 cm³/mol. The third-order valence-electron chi connectivity index (χ3n) is 2.55. The molecule has 1 heterocycles. The van der Waals surface area contributed by atoms with Gasteiger partial charge in [0.05, 0.1) is 0 Å². The van der Waals surface area contributed by atoms with E-state index in [-0.39, 0.29) is 6.42 Å². The summed E-state index contributed by atoms with van der Waals surface area (Å²) in [4.78, 5) is 10.4. The molecule has 0 bridgehead atoms. The number of aromatic nitrogens is 1. The summed E-state index contributed by atoms with van der Waals surface area (Å²) in [6.07, 6.45) is 2.77. The molecule has 0 unspecified atom stereocenters. The van der Waals surface area contributed by atoms with Gasteiger partial charge in [-0.15, -0.1) is 0 Å². The predicted octanol–water partition coefficient (Wildman–Crippen LogP) is 3.16. The lowest BCUT2D eigenvalue weighted by Crippen LogP contribution is -2.00. The number of halogens is 1. The first-order chi connectivity index (χ1) is 7.68. The number of aryl methyl sites for hydroxylation is 1. The first kappa shape index (κ1) is 11.0. The quantitative estimate of drug-likeness (QED) is 0.888. The van der Waals surface area contributed by atoms with E-state index in [9.17, 15) is 4.79 Å².